The van der Waals surface area contributed by atoms with Crippen molar-refractivity contribution >= 4 is 40.9 Å². The fourth-order valence-electron chi connectivity index (χ4n) is 5.59. The summed E-state index contributed by atoms with van der Waals surface area (Å²) >= 11 is 0. The molecule has 5 rings (SSSR count). The Morgan fingerprint density at radius 2 is 1.48 bits per heavy atom. The Labute approximate surface area is 294 Å². The van der Waals surface area contributed by atoms with Gasteiger partial charge in [-0.1, -0.05) is 18.2 Å². The minimum Gasteiger partial charge on any atom is -0.497 e. The maximum Gasteiger partial charge on any atom is 0.416 e. The predicted molar refractivity (Wildman–Crippen MR) is 177 cm³/mol. The molecule has 0 aromatic heterocycles. The smallest absolute Gasteiger partial charge is 0.416 e. The summed E-state index contributed by atoms with van der Waals surface area (Å²) in [6.07, 6.45) is -9.44. The van der Waals surface area contributed by atoms with Crippen molar-refractivity contribution < 1.29 is 66.6 Å². The van der Waals surface area contributed by atoms with E-state index in [9.17, 15) is 27.6 Å². The number of aliphatic carboxylic acids is 2. The number of ether oxygens (including phenoxy) is 3. The van der Waals surface area contributed by atoms with E-state index >= 15 is 4.39 Å². The number of alkyl halides is 3. The molecule has 0 saturated carbocycles. The summed E-state index contributed by atoms with van der Waals surface area (Å²) < 4.78 is 72.7. The molecule has 3 aromatic rings. The third kappa shape index (κ3) is 8.81. The van der Waals surface area contributed by atoms with Crippen molar-refractivity contribution in [3.05, 3.63) is 77.6 Å². The second kappa shape index (κ2) is 16.6. The van der Waals surface area contributed by atoms with Crippen molar-refractivity contribution in [3.8, 4) is 11.5 Å². The number of rotatable bonds is 9. The molecule has 0 spiro atoms. The first-order valence-electron chi connectivity index (χ1n) is 15.5. The Kier molecular flexibility index (Phi) is 12.5. The molecule has 280 valence electrons. The molecule has 0 amide bonds. The lowest BCUT2D eigenvalue weighted by Gasteiger charge is -2.45. The number of halogens is 4. The number of fused-ring (bicyclic) bond motifs is 1. The summed E-state index contributed by atoms with van der Waals surface area (Å²) in [7, 11) is 4.17. The third-order valence-electron chi connectivity index (χ3n) is 8.26. The molecule has 0 aliphatic carbocycles. The van der Waals surface area contributed by atoms with Crippen LogP contribution in [0.25, 0.3) is 0 Å². The van der Waals surface area contributed by atoms with Gasteiger partial charge in [0.05, 0.1) is 45.0 Å². The maximum absolute atomic E-state index is 15.2. The summed E-state index contributed by atoms with van der Waals surface area (Å²) in [6, 6.07) is 14.2. The van der Waals surface area contributed by atoms with Crippen molar-refractivity contribution in [1.29, 1.82) is 0 Å². The molecule has 2 heterocycles. The zero-order chi connectivity index (χ0) is 38.3. The Hall–Kier alpha value is -5.62. The Morgan fingerprint density at radius 3 is 2.04 bits per heavy atom. The van der Waals surface area contributed by atoms with Gasteiger partial charge in [-0.15, -0.1) is 0 Å². The molecular weight excluding hydrogens is 700 g/mol. The molecule has 0 bridgehead atoms. The molecule has 18 heteroatoms. The van der Waals surface area contributed by atoms with Gasteiger partial charge in [-0.2, -0.15) is 13.2 Å². The first-order chi connectivity index (χ1) is 24.6. The highest BCUT2D eigenvalue weighted by Gasteiger charge is 2.40. The predicted octanol–water partition coefficient (Wildman–Crippen LogP) is 3.67. The minimum atomic E-state index is -4.64. The number of aliphatic hydroxyl groups excluding tert-OH is 2. The van der Waals surface area contributed by atoms with Crippen LogP contribution in [0.15, 0.2) is 65.7 Å². The number of carbonyl (C=O) groups excluding carboxylic acids is 1. The summed E-state index contributed by atoms with van der Waals surface area (Å²) in [5, 5.41) is 32.5. The van der Waals surface area contributed by atoms with Crippen molar-refractivity contribution in [2.24, 2.45) is 4.99 Å². The van der Waals surface area contributed by atoms with E-state index in [4.69, 9.17) is 34.6 Å². The number of aliphatic hydroxyl groups is 2. The zero-order valence-corrected chi connectivity index (χ0v) is 28.1. The zero-order valence-electron chi connectivity index (χ0n) is 28.1. The summed E-state index contributed by atoms with van der Waals surface area (Å²) in [5.74, 6) is -3.69. The maximum atomic E-state index is 15.2. The average molecular weight is 737 g/mol. The van der Waals surface area contributed by atoms with Crippen LogP contribution in [0.3, 0.4) is 0 Å². The van der Waals surface area contributed by atoms with Crippen LogP contribution in [0, 0.1) is 5.82 Å². The van der Waals surface area contributed by atoms with Gasteiger partial charge in [-0.05, 0) is 36.4 Å². The topological polar surface area (TPSA) is 182 Å². The number of esters is 1. The number of piperazine rings is 1. The number of carboxylic acid groups (broad SMARTS) is 2. The molecule has 1 saturated heterocycles. The van der Waals surface area contributed by atoms with Crippen molar-refractivity contribution in [3.63, 3.8) is 0 Å². The number of benzene rings is 3. The van der Waals surface area contributed by atoms with Crippen LogP contribution in [0.1, 0.15) is 23.6 Å². The van der Waals surface area contributed by atoms with E-state index in [0.29, 0.717) is 37.5 Å². The second-order valence-corrected chi connectivity index (χ2v) is 11.4. The van der Waals surface area contributed by atoms with Crippen molar-refractivity contribution in [1.82, 2.24) is 4.90 Å². The van der Waals surface area contributed by atoms with E-state index in [0.717, 1.165) is 17.8 Å². The van der Waals surface area contributed by atoms with Gasteiger partial charge in [0, 0.05) is 43.5 Å². The standard InChI is InChI=1S/C30H30F4N4O4.C4H6O6/c1-40-21-7-4-6-20(17-21)36-12-14-37(15-13-36)29-35-28-22(8-5-9-23(28)31)24(18-27(39)42-3)38(29)25-16-19(30(32,33)34)10-11-26(25)41-2;5-1(3(7)8)2(6)4(9)10/h4-11,16-17,24H,12-15,18H2,1-3H3;1-2,5-6H,(H,7,8)(H,9,10)/t24-;/m0./s1. The molecule has 2 unspecified atom stereocenters. The van der Waals surface area contributed by atoms with E-state index in [1.807, 2.05) is 29.2 Å². The number of nitrogens with zero attached hydrogens (tertiary/aromatic N) is 4. The normalized spacial score (nSPS) is 16.8. The number of hydrogen-bond donors (Lipinski definition) is 4. The van der Waals surface area contributed by atoms with E-state index in [1.54, 1.807) is 13.2 Å². The van der Waals surface area contributed by atoms with Gasteiger partial charge in [0.1, 0.15) is 23.0 Å². The van der Waals surface area contributed by atoms with Crippen LogP contribution in [-0.2, 0) is 25.3 Å². The summed E-state index contributed by atoms with van der Waals surface area (Å²) in [6.45, 7) is 1.93. The van der Waals surface area contributed by atoms with Gasteiger partial charge < -0.3 is 49.3 Å². The molecule has 52 heavy (non-hydrogen) atoms. The lowest BCUT2D eigenvalue weighted by molar-refractivity contribution is -0.165. The average Bonchev–Trinajstić information content (AvgIpc) is 3.13. The number of carboxylic acids is 2. The lowest BCUT2D eigenvalue weighted by atomic mass is 9.96. The minimum absolute atomic E-state index is 0.0267. The quantitative estimate of drug-likeness (QED) is 0.185. The highest BCUT2D eigenvalue weighted by Crippen LogP contribution is 2.46. The Morgan fingerprint density at radius 1 is 0.865 bits per heavy atom. The summed E-state index contributed by atoms with van der Waals surface area (Å²) in [4.78, 5) is 42.4. The van der Waals surface area contributed by atoms with Crippen molar-refractivity contribution in [2.75, 3.05) is 57.3 Å². The highest BCUT2D eigenvalue weighted by molar-refractivity contribution is 6.02. The fraction of sp³-hybridized carbons (Fsp3) is 0.353. The first kappa shape index (κ1) is 39.2. The van der Waals surface area contributed by atoms with Gasteiger partial charge in [-0.3, -0.25) is 4.79 Å². The Bertz CT molecular complexity index is 1780. The number of carbonyl (C=O) groups is 3. The summed E-state index contributed by atoms with van der Waals surface area (Å²) in [5.41, 5.74) is 0.473. The van der Waals surface area contributed by atoms with Crippen LogP contribution < -0.4 is 19.3 Å². The monoisotopic (exact) mass is 736 g/mol. The van der Waals surface area contributed by atoms with Gasteiger partial charge in [0.25, 0.3) is 0 Å². The number of hydrogen-bond acceptors (Lipinski definition) is 12. The first-order valence-corrected chi connectivity index (χ1v) is 15.5. The fourth-order valence-corrected chi connectivity index (χ4v) is 5.59. The van der Waals surface area contributed by atoms with Crippen LogP contribution in [-0.4, -0.2) is 109 Å². The number of para-hydroxylation sites is 1. The molecule has 3 aromatic carbocycles. The molecular formula is C34H36F4N4O10. The molecule has 2 aliphatic rings. The van der Waals surface area contributed by atoms with E-state index in [-0.39, 0.29) is 29.5 Å². The molecule has 1 fully saturated rings. The molecule has 0 radical (unpaired) electrons. The van der Waals surface area contributed by atoms with Crippen LogP contribution >= 0.6 is 0 Å². The number of guanidine groups is 1. The van der Waals surface area contributed by atoms with Gasteiger partial charge in [-0.25, -0.2) is 19.0 Å². The van der Waals surface area contributed by atoms with E-state index in [1.165, 1.54) is 37.3 Å². The van der Waals surface area contributed by atoms with Gasteiger partial charge in [0.2, 0.25) is 5.96 Å². The largest absolute Gasteiger partial charge is 0.497 e. The molecule has 2 aliphatic heterocycles. The molecule has 14 nitrogen and oxygen atoms in total. The lowest BCUT2D eigenvalue weighted by Crippen LogP contribution is -2.55. The van der Waals surface area contributed by atoms with Crippen LogP contribution in [0.5, 0.6) is 11.5 Å². The SMILES string of the molecule is COC(=O)C[C@H]1c2cccc(F)c2N=C(N2CCN(c3cccc(OC)c3)CC2)N1c1cc(C(F)(F)F)ccc1OC.O=C(O)C(O)C(O)C(=O)O. The third-order valence-corrected chi connectivity index (χ3v) is 8.26. The highest BCUT2D eigenvalue weighted by atomic mass is 19.4. The van der Waals surface area contributed by atoms with Gasteiger partial charge in [0.15, 0.2) is 12.2 Å². The van der Waals surface area contributed by atoms with E-state index < -0.39 is 53.7 Å². The van der Waals surface area contributed by atoms with Crippen LogP contribution in [0.2, 0.25) is 0 Å². The number of anilines is 2. The Balaban J connectivity index is 0.000000530. The van der Waals surface area contributed by atoms with Crippen LogP contribution in [0.4, 0.5) is 34.6 Å². The molecule has 3 atom stereocenters. The number of methoxy groups -OCH3 is 3. The number of aliphatic imine (C=N–C) groups is 1. The second-order valence-electron chi connectivity index (χ2n) is 11.4. The van der Waals surface area contributed by atoms with E-state index in [2.05, 4.69) is 9.89 Å². The van der Waals surface area contributed by atoms with Gasteiger partial charge >= 0.3 is 24.1 Å². The van der Waals surface area contributed by atoms with Crippen molar-refractivity contribution in [2.45, 2.75) is 30.8 Å². The molecule has 4 N–H and O–H groups in total.